The van der Waals surface area contributed by atoms with Crippen LogP contribution in [0.4, 0.5) is 9.18 Å². The maximum absolute atomic E-state index is 13.6. The van der Waals surface area contributed by atoms with Gasteiger partial charge in [-0.2, -0.15) is 0 Å². The third-order valence-electron chi connectivity index (χ3n) is 4.54. The van der Waals surface area contributed by atoms with Gasteiger partial charge in [0.25, 0.3) is 0 Å². The van der Waals surface area contributed by atoms with Crippen molar-refractivity contribution >= 4 is 22.0 Å². The number of urea groups is 1. The fraction of sp³-hybridized carbons (Fsp3) is 0.611. The molecule has 1 aliphatic heterocycles. The largest absolute Gasteiger partial charge is 0.338 e. The lowest BCUT2D eigenvalue weighted by atomic mass is 10.0. The van der Waals surface area contributed by atoms with Crippen molar-refractivity contribution in [3.05, 3.63) is 34.1 Å². The van der Waals surface area contributed by atoms with Gasteiger partial charge in [-0.05, 0) is 62.9 Å². The van der Waals surface area contributed by atoms with E-state index in [1.54, 1.807) is 12.1 Å². The molecule has 1 saturated heterocycles. The van der Waals surface area contributed by atoms with E-state index in [0.29, 0.717) is 31.1 Å². The van der Waals surface area contributed by atoms with Gasteiger partial charge in [0, 0.05) is 30.1 Å². The van der Waals surface area contributed by atoms with Gasteiger partial charge in [-0.15, -0.1) is 0 Å². The van der Waals surface area contributed by atoms with Crippen molar-refractivity contribution in [2.75, 3.05) is 26.2 Å². The summed E-state index contributed by atoms with van der Waals surface area (Å²) >= 11 is 3.33. The molecule has 2 amide bonds. The number of hydrogen-bond donors (Lipinski definition) is 2. The topological polar surface area (TPSA) is 44.4 Å². The molecule has 2 rings (SSSR count). The molecule has 0 spiro atoms. The van der Waals surface area contributed by atoms with Gasteiger partial charge in [-0.25, -0.2) is 9.18 Å². The summed E-state index contributed by atoms with van der Waals surface area (Å²) in [5, 5.41) is 5.65. The van der Waals surface area contributed by atoms with Crippen molar-refractivity contribution in [1.29, 1.82) is 0 Å². The number of nitrogens with zero attached hydrogens (tertiary/aromatic N) is 1. The molecule has 1 aromatic carbocycles. The highest BCUT2D eigenvalue weighted by Gasteiger charge is 2.17. The summed E-state index contributed by atoms with van der Waals surface area (Å²) in [6.45, 7) is 5.57. The van der Waals surface area contributed by atoms with Crippen LogP contribution < -0.4 is 10.6 Å². The second kappa shape index (κ2) is 9.99. The lowest BCUT2D eigenvalue weighted by Gasteiger charge is -2.33. The Labute approximate surface area is 152 Å². The van der Waals surface area contributed by atoms with Crippen LogP contribution in [0, 0.1) is 5.82 Å². The Balaban J connectivity index is 1.57. The molecule has 1 aromatic rings. The Bertz CT molecular complexity index is 541. The first kappa shape index (κ1) is 19.2. The first-order valence-corrected chi connectivity index (χ1v) is 9.55. The SMILES string of the molecule is CC1CCCCN1CCCNC(=O)NCCc1cc(Br)ccc1F. The molecule has 0 bridgehead atoms. The van der Waals surface area contributed by atoms with E-state index >= 15 is 0 Å². The minimum Gasteiger partial charge on any atom is -0.338 e. The van der Waals surface area contributed by atoms with Crippen molar-refractivity contribution in [3.8, 4) is 0 Å². The smallest absolute Gasteiger partial charge is 0.314 e. The first-order chi connectivity index (χ1) is 11.6. The molecule has 134 valence electrons. The second-order valence-electron chi connectivity index (χ2n) is 6.40. The van der Waals surface area contributed by atoms with Crippen LogP contribution in [0.1, 0.15) is 38.2 Å². The number of nitrogens with one attached hydrogen (secondary N) is 2. The number of piperidine rings is 1. The van der Waals surface area contributed by atoms with E-state index in [2.05, 4.69) is 38.4 Å². The highest BCUT2D eigenvalue weighted by atomic mass is 79.9. The molecule has 6 heteroatoms. The maximum Gasteiger partial charge on any atom is 0.314 e. The number of rotatable bonds is 7. The number of likely N-dealkylation sites (tertiary alicyclic amines) is 1. The fourth-order valence-corrected chi connectivity index (χ4v) is 3.49. The molecule has 24 heavy (non-hydrogen) atoms. The van der Waals surface area contributed by atoms with Crippen LogP contribution in [0.15, 0.2) is 22.7 Å². The highest BCUT2D eigenvalue weighted by molar-refractivity contribution is 9.10. The third-order valence-corrected chi connectivity index (χ3v) is 5.03. The molecular weight excluding hydrogens is 373 g/mol. The predicted molar refractivity (Wildman–Crippen MR) is 98.7 cm³/mol. The van der Waals surface area contributed by atoms with Crippen molar-refractivity contribution in [3.63, 3.8) is 0 Å². The molecule has 1 atom stereocenters. The zero-order valence-electron chi connectivity index (χ0n) is 14.3. The number of benzene rings is 1. The van der Waals surface area contributed by atoms with Gasteiger partial charge in [0.15, 0.2) is 0 Å². The number of halogens is 2. The Kier molecular flexibility index (Phi) is 7.99. The molecule has 4 nitrogen and oxygen atoms in total. The number of carbonyl (C=O) groups excluding carboxylic acids is 1. The minimum atomic E-state index is -0.240. The Morgan fingerprint density at radius 3 is 2.92 bits per heavy atom. The average Bonchev–Trinajstić information content (AvgIpc) is 2.56. The van der Waals surface area contributed by atoms with Crippen LogP contribution >= 0.6 is 15.9 Å². The molecule has 0 aliphatic carbocycles. The monoisotopic (exact) mass is 399 g/mol. The summed E-state index contributed by atoms with van der Waals surface area (Å²) in [6, 6.07) is 5.32. The summed E-state index contributed by atoms with van der Waals surface area (Å²) in [4.78, 5) is 14.3. The van der Waals surface area contributed by atoms with E-state index in [0.717, 1.165) is 17.4 Å². The maximum atomic E-state index is 13.6. The van der Waals surface area contributed by atoms with E-state index in [4.69, 9.17) is 0 Å². The Morgan fingerprint density at radius 2 is 2.12 bits per heavy atom. The van der Waals surface area contributed by atoms with Gasteiger partial charge < -0.3 is 15.5 Å². The van der Waals surface area contributed by atoms with Crippen LogP contribution in [-0.4, -0.2) is 43.2 Å². The molecule has 1 aliphatic rings. The van der Waals surface area contributed by atoms with Crippen molar-refractivity contribution in [2.45, 2.75) is 45.1 Å². The normalized spacial score (nSPS) is 18.4. The van der Waals surface area contributed by atoms with E-state index in [9.17, 15) is 9.18 Å². The molecule has 1 heterocycles. The predicted octanol–water partition coefficient (Wildman–Crippen LogP) is 3.69. The summed E-state index contributed by atoms with van der Waals surface area (Å²) in [5.74, 6) is -0.240. The summed E-state index contributed by atoms with van der Waals surface area (Å²) in [5.41, 5.74) is 0.601. The van der Waals surface area contributed by atoms with Gasteiger partial charge in [0.05, 0.1) is 0 Å². The molecule has 0 aromatic heterocycles. The number of carbonyl (C=O) groups is 1. The van der Waals surface area contributed by atoms with Gasteiger partial charge in [0.1, 0.15) is 5.82 Å². The fourth-order valence-electron chi connectivity index (χ4n) is 3.08. The van der Waals surface area contributed by atoms with E-state index in [1.807, 2.05) is 0 Å². The summed E-state index contributed by atoms with van der Waals surface area (Å²) < 4.78 is 14.4. The zero-order chi connectivity index (χ0) is 17.4. The number of amides is 2. The van der Waals surface area contributed by atoms with Crippen molar-refractivity contribution in [2.24, 2.45) is 0 Å². The molecular formula is C18H27BrFN3O. The first-order valence-electron chi connectivity index (χ1n) is 8.76. The summed E-state index contributed by atoms with van der Waals surface area (Å²) in [7, 11) is 0. The second-order valence-corrected chi connectivity index (χ2v) is 7.32. The zero-order valence-corrected chi connectivity index (χ0v) is 15.9. The highest BCUT2D eigenvalue weighted by Crippen LogP contribution is 2.16. The van der Waals surface area contributed by atoms with Gasteiger partial charge in [0.2, 0.25) is 0 Å². The van der Waals surface area contributed by atoms with Crippen LogP contribution in [0.2, 0.25) is 0 Å². The van der Waals surface area contributed by atoms with Crippen LogP contribution in [-0.2, 0) is 6.42 Å². The van der Waals surface area contributed by atoms with Gasteiger partial charge in [-0.1, -0.05) is 22.4 Å². The Morgan fingerprint density at radius 1 is 1.33 bits per heavy atom. The molecule has 0 saturated carbocycles. The van der Waals surface area contributed by atoms with Crippen molar-refractivity contribution in [1.82, 2.24) is 15.5 Å². The van der Waals surface area contributed by atoms with Crippen LogP contribution in [0.5, 0.6) is 0 Å². The van der Waals surface area contributed by atoms with Crippen molar-refractivity contribution < 1.29 is 9.18 Å². The molecule has 2 N–H and O–H groups in total. The van der Waals surface area contributed by atoms with E-state index in [-0.39, 0.29) is 11.8 Å². The van der Waals surface area contributed by atoms with Gasteiger partial charge in [-0.3, -0.25) is 0 Å². The lowest BCUT2D eigenvalue weighted by molar-refractivity contribution is 0.159. The van der Waals surface area contributed by atoms with Crippen LogP contribution in [0.3, 0.4) is 0 Å². The minimum absolute atomic E-state index is 0.183. The quantitative estimate of drug-likeness (QED) is 0.686. The standard InChI is InChI=1S/C18H27BrFN3O/c1-14-5-2-3-11-23(14)12-4-9-21-18(24)22-10-8-15-13-16(19)6-7-17(15)20/h6-7,13-14H,2-5,8-12H2,1H3,(H2,21,22,24). The molecule has 0 radical (unpaired) electrons. The molecule has 1 unspecified atom stereocenters. The third kappa shape index (κ3) is 6.40. The average molecular weight is 400 g/mol. The molecule has 1 fully saturated rings. The Hall–Kier alpha value is -1.14. The van der Waals surface area contributed by atoms with Gasteiger partial charge >= 0.3 is 6.03 Å². The van der Waals surface area contributed by atoms with E-state index < -0.39 is 0 Å². The summed E-state index contributed by atoms with van der Waals surface area (Å²) in [6.07, 6.45) is 5.32. The lowest BCUT2D eigenvalue weighted by Crippen LogP contribution is -2.41. The van der Waals surface area contributed by atoms with Crippen LogP contribution in [0.25, 0.3) is 0 Å². The number of hydrogen-bond acceptors (Lipinski definition) is 2. The van der Waals surface area contributed by atoms with E-state index in [1.165, 1.54) is 31.9 Å².